The number of methoxy groups -OCH3 is 1. The lowest BCUT2D eigenvalue weighted by molar-refractivity contribution is -0.123. The number of phenolic OH excluding ortho intramolecular Hbond substituents is 1. The molecule has 0 aliphatic carbocycles. The van der Waals surface area contributed by atoms with Crippen molar-refractivity contribution in [3.63, 3.8) is 0 Å². The minimum atomic E-state index is -0.786. The first-order chi connectivity index (χ1) is 11.5. The zero-order chi connectivity index (χ0) is 17.5. The van der Waals surface area contributed by atoms with Crippen LogP contribution in [-0.2, 0) is 9.53 Å². The maximum atomic E-state index is 12.0. The van der Waals surface area contributed by atoms with E-state index in [1.165, 1.54) is 37.4 Å². The van der Waals surface area contributed by atoms with E-state index in [1.807, 2.05) is 0 Å². The largest absolute Gasteiger partial charge is 0.508 e. The Balaban J connectivity index is 1.91. The quantitative estimate of drug-likeness (QED) is 0.806. The highest BCUT2D eigenvalue weighted by Gasteiger charge is 2.16. The van der Waals surface area contributed by atoms with Crippen molar-refractivity contribution in [2.24, 2.45) is 0 Å². The van der Waals surface area contributed by atoms with Gasteiger partial charge in [-0.3, -0.25) is 14.9 Å². The molecule has 2 aromatic carbocycles. The number of carbonyl (C=O) groups excluding carboxylic acids is 3. The van der Waals surface area contributed by atoms with E-state index in [1.54, 1.807) is 18.2 Å². The number of amides is 2. The Morgan fingerprint density at radius 2 is 1.83 bits per heavy atom. The van der Waals surface area contributed by atoms with Crippen LogP contribution in [0.15, 0.2) is 48.5 Å². The summed E-state index contributed by atoms with van der Waals surface area (Å²) in [6, 6.07) is 11.9. The third-order valence-electron chi connectivity index (χ3n) is 3.02. The predicted octanol–water partition coefficient (Wildman–Crippen LogP) is 1.51. The lowest BCUT2D eigenvalue weighted by Gasteiger charge is -2.08. The van der Waals surface area contributed by atoms with E-state index >= 15 is 0 Å². The number of phenols is 1. The fourth-order valence-corrected chi connectivity index (χ4v) is 1.91. The van der Waals surface area contributed by atoms with Gasteiger partial charge in [0.05, 0.1) is 18.2 Å². The van der Waals surface area contributed by atoms with Gasteiger partial charge in [0.1, 0.15) is 11.5 Å². The van der Waals surface area contributed by atoms with Crippen molar-refractivity contribution in [1.29, 1.82) is 0 Å². The Morgan fingerprint density at radius 3 is 2.54 bits per heavy atom. The van der Waals surface area contributed by atoms with Crippen molar-refractivity contribution in [1.82, 2.24) is 5.32 Å². The number of esters is 1. The third-order valence-corrected chi connectivity index (χ3v) is 3.02. The smallest absolute Gasteiger partial charge is 0.338 e. The van der Waals surface area contributed by atoms with Crippen LogP contribution < -0.4 is 10.1 Å². The Labute approximate surface area is 137 Å². The van der Waals surface area contributed by atoms with Crippen molar-refractivity contribution in [3.8, 4) is 11.5 Å². The van der Waals surface area contributed by atoms with Gasteiger partial charge in [0.25, 0.3) is 11.8 Å². The summed E-state index contributed by atoms with van der Waals surface area (Å²) in [5, 5.41) is 11.4. The molecule has 0 saturated heterocycles. The second-order valence-electron chi connectivity index (χ2n) is 4.70. The highest BCUT2D eigenvalue weighted by Crippen LogP contribution is 2.16. The average Bonchev–Trinajstić information content (AvgIpc) is 2.59. The number of ether oxygens (including phenoxy) is 2. The Morgan fingerprint density at radius 1 is 1.08 bits per heavy atom. The van der Waals surface area contributed by atoms with Gasteiger partial charge in [-0.2, -0.15) is 0 Å². The molecule has 0 atom stereocenters. The molecule has 7 nitrogen and oxygen atoms in total. The minimum absolute atomic E-state index is 0.0962. The maximum Gasteiger partial charge on any atom is 0.338 e. The molecule has 2 aromatic rings. The molecule has 0 saturated carbocycles. The van der Waals surface area contributed by atoms with Gasteiger partial charge in [0.15, 0.2) is 6.61 Å². The van der Waals surface area contributed by atoms with Crippen molar-refractivity contribution < 1.29 is 29.0 Å². The third kappa shape index (κ3) is 4.33. The summed E-state index contributed by atoms with van der Waals surface area (Å²) in [6.45, 7) is -0.630. The maximum absolute atomic E-state index is 12.0. The number of rotatable bonds is 5. The first kappa shape index (κ1) is 17.0. The van der Waals surface area contributed by atoms with Crippen LogP contribution in [0, 0.1) is 0 Å². The van der Waals surface area contributed by atoms with E-state index < -0.39 is 24.4 Å². The summed E-state index contributed by atoms with van der Waals surface area (Å²) in [6.07, 6.45) is 0. The molecule has 0 aliphatic heterocycles. The number of aromatic hydroxyl groups is 1. The summed E-state index contributed by atoms with van der Waals surface area (Å²) in [5.41, 5.74) is 0.284. The van der Waals surface area contributed by atoms with E-state index in [0.29, 0.717) is 5.75 Å². The standard InChI is InChI=1S/C17H15NO6/c1-23-14-8-3-2-7-13(14)16(21)18-15(20)10-24-17(22)11-5-4-6-12(19)9-11/h2-9,19H,10H2,1H3,(H,18,20,21). The van der Waals surface area contributed by atoms with Crippen LogP contribution >= 0.6 is 0 Å². The fraction of sp³-hybridized carbons (Fsp3) is 0.118. The van der Waals surface area contributed by atoms with Crippen molar-refractivity contribution >= 4 is 17.8 Å². The first-order valence-electron chi connectivity index (χ1n) is 6.94. The van der Waals surface area contributed by atoms with Gasteiger partial charge in [-0.15, -0.1) is 0 Å². The Bertz CT molecular complexity index is 771. The second kappa shape index (κ2) is 7.77. The molecule has 2 N–H and O–H groups in total. The molecule has 0 unspecified atom stereocenters. The molecule has 0 fully saturated rings. The minimum Gasteiger partial charge on any atom is -0.508 e. The van der Waals surface area contributed by atoms with Gasteiger partial charge < -0.3 is 14.6 Å². The number of carbonyl (C=O) groups is 3. The van der Waals surface area contributed by atoms with E-state index in [-0.39, 0.29) is 16.9 Å². The van der Waals surface area contributed by atoms with E-state index in [0.717, 1.165) is 0 Å². The fourth-order valence-electron chi connectivity index (χ4n) is 1.91. The molecule has 124 valence electrons. The van der Waals surface area contributed by atoms with Crippen LogP contribution in [-0.4, -0.2) is 36.6 Å². The molecule has 0 aliphatic rings. The summed E-state index contributed by atoms with van der Waals surface area (Å²) in [4.78, 5) is 35.5. The Kier molecular flexibility index (Phi) is 5.51. The number of benzene rings is 2. The number of imide groups is 1. The van der Waals surface area contributed by atoms with Crippen molar-refractivity contribution in [3.05, 3.63) is 59.7 Å². The molecule has 7 heteroatoms. The molecule has 2 rings (SSSR count). The highest BCUT2D eigenvalue weighted by atomic mass is 16.5. The lowest BCUT2D eigenvalue weighted by atomic mass is 10.2. The zero-order valence-electron chi connectivity index (χ0n) is 12.8. The van der Waals surface area contributed by atoms with E-state index in [2.05, 4.69) is 5.32 Å². The van der Waals surface area contributed by atoms with Gasteiger partial charge in [0.2, 0.25) is 0 Å². The Hall–Kier alpha value is -3.35. The van der Waals surface area contributed by atoms with Gasteiger partial charge >= 0.3 is 5.97 Å². The van der Waals surface area contributed by atoms with Gasteiger partial charge in [-0.25, -0.2) is 4.79 Å². The normalized spacial score (nSPS) is 9.88. The monoisotopic (exact) mass is 329 g/mol. The van der Waals surface area contributed by atoms with Crippen molar-refractivity contribution in [2.75, 3.05) is 13.7 Å². The molecule has 0 aromatic heterocycles. The summed E-state index contributed by atoms with van der Waals surface area (Å²) >= 11 is 0. The zero-order valence-corrected chi connectivity index (χ0v) is 12.8. The molecular formula is C17H15NO6. The van der Waals surface area contributed by atoms with E-state index in [9.17, 15) is 19.5 Å². The molecular weight excluding hydrogens is 314 g/mol. The van der Waals surface area contributed by atoms with Crippen LogP contribution in [0.3, 0.4) is 0 Å². The topological polar surface area (TPSA) is 102 Å². The van der Waals surface area contributed by atoms with Crippen LogP contribution in [0.4, 0.5) is 0 Å². The van der Waals surface area contributed by atoms with Gasteiger partial charge in [0, 0.05) is 0 Å². The summed E-state index contributed by atoms with van der Waals surface area (Å²) in [7, 11) is 1.41. The first-order valence-corrected chi connectivity index (χ1v) is 6.94. The number of para-hydroxylation sites is 1. The van der Waals surface area contributed by atoms with Gasteiger partial charge in [-0.1, -0.05) is 18.2 Å². The molecule has 2 amide bonds. The SMILES string of the molecule is COc1ccccc1C(=O)NC(=O)COC(=O)c1cccc(O)c1. The molecule has 0 spiro atoms. The van der Waals surface area contributed by atoms with E-state index in [4.69, 9.17) is 9.47 Å². The second-order valence-corrected chi connectivity index (χ2v) is 4.70. The molecule has 0 bridgehead atoms. The highest BCUT2D eigenvalue weighted by molar-refractivity contribution is 6.07. The number of nitrogens with one attached hydrogen (secondary N) is 1. The summed E-state index contributed by atoms with van der Waals surface area (Å²) in [5.74, 6) is -2.00. The molecule has 0 heterocycles. The number of hydrogen-bond acceptors (Lipinski definition) is 6. The van der Waals surface area contributed by atoms with Gasteiger partial charge in [-0.05, 0) is 30.3 Å². The summed E-state index contributed by atoms with van der Waals surface area (Å²) < 4.78 is 9.83. The lowest BCUT2D eigenvalue weighted by Crippen LogP contribution is -2.34. The predicted molar refractivity (Wildman–Crippen MR) is 83.9 cm³/mol. The molecule has 24 heavy (non-hydrogen) atoms. The average molecular weight is 329 g/mol. The van der Waals surface area contributed by atoms with Crippen LogP contribution in [0.2, 0.25) is 0 Å². The van der Waals surface area contributed by atoms with Crippen LogP contribution in [0.1, 0.15) is 20.7 Å². The van der Waals surface area contributed by atoms with Crippen LogP contribution in [0.5, 0.6) is 11.5 Å². The van der Waals surface area contributed by atoms with Crippen molar-refractivity contribution in [2.45, 2.75) is 0 Å². The van der Waals surface area contributed by atoms with Crippen LogP contribution in [0.25, 0.3) is 0 Å². The number of hydrogen-bond donors (Lipinski definition) is 2. The molecule has 0 radical (unpaired) electrons.